The van der Waals surface area contributed by atoms with Crippen molar-refractivity contribution >= 4 is 34.9 Å². The molecule has 164 valence electrons. The molecule has 0 aliphatic rings. The summed E-state index contributed by atoms with van der Waals surface area (Å²) >= 11 is 12.0. The zero-order valence-electron chi connectivity index (χ0n) is 17.1. The Morgan fingerprint density at radius 3 is 2.43 bits per heavy atom. The molecule has 0 aliphatic heterocycles. The van der Waals surface area contributed by atoms with Gasteiger partial charge in [-0.3, -0.25) is 4.79 Å². The van der Waals surface area contributed by atoms with Gasteiger partial charge in [-0.2, -0.15) is 0 Å². The number of benzene rings is 2. The van der Waals surface area contributed by atoms with E-state index in [4.69, 9.17) is 33.7 Å². The number of ether oxygens (including phenoxy) is 1. The number of nitrogen functional groups attached to an aromatic ring is 1. The number of aliphatic hydroxyl groups is 1. The molecule has 30 heavy (non-hydrogen) atoms. The Balaban J connectivity index is 1.47. The van der Waals surface area contributed by atoms with Crippen molar-refractivity contribution in [3.8, 4) is 0 Å². The summed E-state index contributed by atoms with van der Waals surface area (Å²) in [7, 11) is 0. The number of nitrogens with two attached hydrogens (primary N) is 1. The molecule has 5 nitrogen and oxygen atoms in total. The van der Waals surface area contributed by atoms with Gasteiger partial charge in [-0.1, -0.05) is 66.4 Å². The number of hydrogen-bond acceptors (Lipinski definition) is 5. The molecule has 0 radical (unpaired) electrons. The van der Waals surface area contributed by atoms with Crippen molar-refractivity contribution in [2.75, 3.05) is 25.4 Å². The SMILES string of the molecule is Nc1c(Cl)cc(C(O)CNCCCCCCOC(=O)CCc2ccccc2)cc1Cl. The van der Waals surface area contributed by atoms with E-state index < -0.39 is 6.10 Å². The van der Waals surface area contributed by atoms with Crippen molar-refractivity contribution in [3.05, 3.63) is 63.6 Å². The van der Waals surface area contributed by atoms with Gasteiger partial charge in [0, 0.05) is 13.0 Å². The number of halogens is 2. The molecular formula is C23H30Cl2N2O3. The maximum atomic E-state index is 11.8. The second-order valence-corrected chi connectivity index (χ2v) is 8.05. The monoisotopic (exact) mass is 452 g/mol. The van der Waals surface area contributed by atoms with Gasteiger partial charge in [0.25, 0.3) is 0 Å². The predicted octanol–water partition coefficient (Wildman–Crippen LogP) is 4.94. The number of aryl methyl sites for hydroxylation is 1. The van der Waals surface area contributed by atoms with Crippen LogP contribution in [0.25, 0.3) is 0 Å². The zero-order valence-corrected chi connectivity index (χ0v) is 18.6. The molecule has 0 aliphatic carbocycles. The number of carbonyl (C=O) groups excluding carboxylic acids is 1. The Labute approximate surface area is 188 Å². The number of nitrogens with one attached hydrogen (secondary N) is 1. The van der Waals surface area contributed by atoms with Gasteiger partial charge in [0.1, 0.15) is 0 Å². The Hall–Kier alpha value is -1.79. The molecule has 0 bridgehead atoms. The fourth-order valence-corrected chi connectivity index (χ4v) is 3.51. The van der Waals surface area contributed by atoms with Gasteiger partial charge < -0.3 is 20.9 Å². The van der Waals surface area contributed by atoms with E-state index in [1.54, 1.807) is 12.1 Å². The number of unbranched alkanes of at least 4 members (excludes halogenated alkanes) is 3. The first-order chi connectivity index (χ1) is 14.5. The number of aliphatic hydroxyl groups excluding tert-OH is 1. The Bertz CT molecular complexity index is 764. The largest absolute Gasteiger partial charge is 0.466 e. The van der Waals surface area contributed by atoms with E-state index in [9.17, 15) is 9.90 Å². The van der Waals surface area contributed by atoms with E-state index in [2.05, 4.69) is 5.32 Å². The van der Waals surface area contributed by atoms with Gasteiger partial charge in [0.05, 0.1) is 28.4 Å². The molecule has 2 rings (SSSR count). The minimum Gasteiger partial charge on any atom is -0.466 e. The highest BCUT2D eigenvalue weighted by Crippen LogP contribution is 2.31. The maximum absolute atomic E-state index is 11.8. The third-order valence-corrected chi connectivity index (χ3v) is 5.42. The van der Waals surface area contributed by atoms with E-state index in [0.29, 0.717) is 47.3 Å². The smallest absolute Gasteiger partial charge is 0.306 e. The zero-order chi connectivity index (χ0) is 21.8. The molecule has 2 aromatic carbocycles. The molecule has 0 fully saturated rings. The van der Waals surface area contributed by atoms with Crippen LogP contribution in [-0.4, -0.2) is 30.8 Å². The van der Waals surface area contributed by atoms with Crippen LogP contribution < -0.4 is 11.1 Å². The van der Waals surface area contributed by atoms with E-state index in [0.717, 1.165) is 37.8 Å². The molecule has 2 aromatic rings. The lowest BCUT2D eigenvalue weighted by Crippen LogP contribution is -2.22. The van der Waals surface area contributed by atoms with Gasteiger partial charge >= 0.3 is 5.97 Å². The molecule has 0 amide bonds. The van der Waals surface area contributed by atoms with Crippen LogP contribution in [0.2, 0.25) is 10.0 Å². The molecule has 0 aromatic heterocycles. The van der Waals surface area contributed by atoms with Crippen LogP contribution in [0, 0.1) is 0 Å². The number of carbonyl (C=O) groups is 1. The van der Waals surface area contributed by atoms with Crippen molar-refractivity contribution in [2.45, 2.75) is 44.6 Å². The summed E-state index contributed by atoms with van der Waals surface area (Å²) in [4.78, 5) is 11.8. The molecule has 7 heteroatoms. The fourth-order valence-electron chi connectivity index (χ4n) is 3.01. The average Bonchev–Trinajstić information content (AvgIpc) is 2.75. The molecular weight excluding hydrogens is 423 g/mol. The van der Waals surface area contributed by atoms with Crippen LogP contribution in [0.3, 0.4) is 0 Å². The molecule has 1 unspecified atom stereocenters. The minimum absolute atomic E-state index is 0.141. The first kappa shape index (κ1) is 24.5. The first-order valence-electron chi connectivity index (χ1n) is 10.3. The fraction of sp³-hybridized carbons (Fsp3) is 0.435. The number of rotatable bonds is 13. The topological polar surface area (TPSA) is 84.6 Å². The minimum atomic E-state index is -0.698. The van der Waals surface area contributed by atoms with E-state index in [-0.39, 0.29) is 5.97 Å². The van der Waals surface area contributed by atoms with E-state index in [1.807, 2.05) is 30.3 Å². The molecule has 0 saturated heterocycles. The number of anilines is 1. The van der Waals surface area contributed by atoms with Crippen molar-refractivity contribution in [1.29, 1.82) is 0 Å². The lowest BCUT2D eigenvalue weighted by atomic mass is 10.1. The van der Waals surface area contributed by atoms with Crippen molar-refractivity contribution < 1.29 is 14.6 Å². The first-order valence-corrected chi connectivity index (χ1v) is 11.1. The quantitative estimate of drug-likeness (QED) is 0.227. The van der Waals surface area contributed by atoms with Crippen LogP contribution in [0.4, 0.5) is 5.69 Å². The standard InChI is InChI=1S/C23H30Cl2N2O3/c24-19-14-18(15-20(25)23(19)26)21(28)16-27-12-6-1-2-7-13-30-22(29)11-10-17-8-4-3-5-9-17/h3-5,8-9,14-15,21,27-28H,1-2,6-7,10-13,16,26H2. The third kappa shape index (κ3) is 8.92. The molecule has 0 heterocycles. The van der Waals surface area contributed by atoms with Crippen molar-refractivity contribution in [2.24, 2.45) is 0 Å². The lowest BCUT2D eigenvalue weighted by molar-refractivity contribution is -0.143. The predicted molar refractivity (Wildman–Crippen MR) is 123 cm³/mol. The van der Waals surface area contributed by atoms with Gasteiger partial charge in [-0.25, -0.2) is 0 Å². The number of esters is 1. The van der Waals surface area contributed by atoms with Crippen LogP contribution in [0.5, 0.6) is 0 Å². The third-order valence-electron chi connectivity index (χ3n) is 4.80. The average molecular weight is 453 g/mol. The Morgan fingerprint density at radius 2 is 1.73 bits per heavy atom. The van der Waals surface area contributed by atoms with Crippen LogP contribution in [0.1, 0.15) is 49.3 Å². The highest BCUT2D eigenvalue weighted by Gasteiger charge is 2.12. The van der Waals surface area contributed by atoms with E-state index in [1.165, 1.54) is 0 Å². The van der Waals surface area contributed by atoms with Gasteiger partial charge in [0.2, 0.25) is 0 Å². The van der Waals surface area contributed by atoms with E-state index >= 15 is 0 Å². The summed E-state index contributed by atoms with van der Waals surface area (Å²) < 4.78 is 5.28. The summed E-state index contributed by atoms with van der Waals surface area (Å²) in [5.41, 5.74) is 7.82. The molecule has 1 atom stereocenters. The summed E-state index contributed by atoms with van der Waals surface area (Å²) in [5.74, 6) is -0.141. The summed E-state index contributed by atoms with van der Waals surface area (Å²) in [6, 6.07) is 13.2. The summed E-state index contributed by atoms with van der Waals surface area (Å²) in [6.45, 7) is 1.68. The Morgan fingerprint density at radius 1 is 1.07 bits per heavy atom. The van der Waals surface area contributed by atoms with Crippen LogP contribution in [-0.2, 0) is 16.0 Å². The Kier molecular flexibility index (Phi) is 11.0. The second kappa shape index (κ2) is 13.5. The van der Waals surface area contributed by atoms with Crippen LogP contribution in [0.15, 0.2) is 42.5 Å². The summed E-state index contributed by atoms with van der Waals surface area (Å²) in [5, 5.41) is 14.1. The highest BCUT2D eigenvalue weighted by atomic mass is 35.5. The highest BCUT2D eigenvalue weighted by molar-refractivity contribution is 6.38. The number of hydrogen-bond donors (Lipinski definition) is 3. The normalized spacial score (nSPS) is 12.0. The van der Waals surface area contributed by atoms with Crippen LogP contribution >= 0.6 is 23.2 Å². The van der Waals surface area contributed by atoms with Gasteiger partial charge in [0.15, 0.2) is 0 Å². The van der Waals surface area contributed by atoms with Gasteiger partial charge in [-0.05, 0) is 49.1 Å². The van der Waals surface area contributed by atoms with Crippen molar-refractivity contribution in [3.63, 3.8) is 0 Å². The maximum Gasteiger partial charge on any atom is 0.306 e. The second-order valence-electron chi connectivity index (χ2n) is 7.24. The lowest BCUT2D eigenvalue weighted by Gasteiger charge is -2.14. The molecule has 4 N–H and O–H groups in total. The van der Waals surface area contributed by atoms with Gasteiger partial charge in [-0.15, -0.1) is 0 Å². The van der Waals surface area contributed by atoms with Crippen molar-refractivity contribution in [1.82, 2.24) is 5.32 Å². The molecule has 0 saturated carbocycles. The molecule has 0 spiro atoms. The summed E-state index contributed by atoms with van der Waals surface area (Å²) in [6.07, 6.45) is 4.31.